The number of nitrogens with zero attached hydrogens (tertiary/aromatic N) is 1. The van der Waals surface area contributed by atoms with Crippen LogP contribution in [0.15, 0.2) is 42.5 Å². The number of methoxy groups -OCH3 is 2. The van der Waals surface area contributed by atoms with E-state index in [2.05, 4.69) is 45.9 Å². The van der Waals surface area contributed by atoms with Crippen molar-refractivity contribution in [2.24, 2.45) is 5.92 Å². The maximum Gasteiger partial charge on any atom is 0.133 e. The van der Waals surface area contributed by atoms with E-state index in [4.69, 9.17) is 9.47 Å². The molecule has 0 bridgehead atoms. The lowest BCUT2D eigenvalue weighted by atomic mass is 9.96. The average Bonchev–Trinajstić information content (AvgIpc) is 2.80. The molecule has 2 aromatic rings. The van der Waals surface area contributed by atoms with Crippen LogP contribution in [0.3, 0.4) is 0 Å². The molecule has 1 fully saturated rings. The molecular formula is C25H35N3O2. The first-order chi connectivity index (χ1) is 14.8. The van der Waals surface area contributed by atoms with Crippen LogP contribution >= 0.6 is 0 Å². The number of benzene rings is 2. The SMILES string of the molecule is COc1ccccc1CN1CCCc2cc(C(NCC3CCNCC3)OC)ccc21. The monoisotopic (exact) mass is 409 g/mol. The van der Waals surface area contributed by atoms with Crippen molar-refractivity contribution in [3.05, 3.63) is 59.2 Å². The standard InChI is InChI=1S/C25H35N3O2/c1-29-24-8-4-3-6-22(24)18-28-15-5-7-20-16-21(9-10-23(20)28)25(30-2)27-17-19-11-13-26-14-12-19/h3-4,6,8-10,16,19,25-27H,5,7,11-15,17-18H2,1-2H3. The van der Waals surface area contributed by atoms with Gasteiger partial charge in [0.2, 0.25) is 0 Å². The fraction of sp³-hybridized carbons (Fsp3) is 0.520. The van der Waals surface area contributed by atoms with Gasteiger partial charge in [0.15, 0.2) is 0 Å². The van der Waals surface area contributed by atoms with Crippen molar-refractivity contribution in [3.8, 4) is 5.75 Å². The summed E-state index contributed by atoms with van der Waals surface area (Å²) in [4.78, 5) is 2.48. The summed E-state index contributed by atoms with van der Waals surface area (Å²) in [5.74, 6) is 1.70. The molecule has 0 radical (unpaired) electrons. The molecule has 2 aliphatic heterocycles. The molecule has 2 aliphatic rings. The molecule has 1 saturated heterocycles. The number of anilines is 1. The third kappa shape index (κ3) is 4.97. The Labute approximate surface area is 180 Å². The molecule has 162 valence electrons. The first-order valence-electron chi connectivity index (χ1n) is 11.2. The number of fused-ring (bicyclic) bond motifs is 1. The van der Waals surface area contributed by atoms with E-state index in [-0.39, 0.29) is 6.23 Å². The minimum atomic E-state index is -0.0465. The lowest BCUT2D eigenvalue weighted by molar-refractivity contribution is 0.0681. The molecule has 4 rings (SSSR count). The van der Waals surface area contributed by atoms with Crippen molar-refractivity contribution >= 4 is 5.69 Å². The second-order valence-corrected chi connectivity index (χ2v) is 8.44. The van der Waals surface area contributed by atoms with Crippen molar-refractivity contribution in [1.82, 2.24) is 10.6 Å². The van der Waals surface area contributed by atoms with Crippen LogP contribution in [-0.4, -0.2) is 40.4 Å². The van der Waals surface area contributed by atoms with E-state index in [0.29, 0.717) is 0 Å². The maximum absolute atomic E-state index is 5.81. The summed E-state index contributed by atoms with van der Waals surface area (Å²) in [5, 5.41) is 7.09. The predicted octanol–water partition coefficient (Wildman–Crippen LogP) is 3.88. The largest absolute Gasteiger partial charge is 0.496 e. The fourth-order valence-electron chi connectivity index (χ4n) is 4.76. The number of aryl methyl sites for hydroxylation is 1. The molecule has 0 saturated carbocycles. The second-order valence-electron chi connectivity index (χ2n) is 8.44. The van der Waals surface area contributed by atoms with E-state index in [1.54, 1.807) is 14.2 Å². The average molecular weight is 410 g/mol. The molecule has 1 unspecified atom stereocenters. The van der Waals surface area contributed by atoms with Gasteiger partial charge in [-0.2, -0.15) is 0 Å². The van der Waals surface area contributed by atoms with E-state index in [9.17, 15) is 0 Å². The number of hydrogen-bond acceptors (Lipinski definition) is 5. The summed E-state index contributed by atoms with van der Waals surface area (Å²) in [7, 11) is 3.55. The van der Waals surface area contributed by atoms with Gasteiger partial charge in [0, 0.05) is 38.0 Å². The predicted molar refractivity (Wildman–Crippen MR) is 122 cm³/mol. The highest BCUT2D eigenvalue weighted by atomic mass is 16.5. The Balaban J connectivity index is 1.46. The first-order valence-corrected chi connectivity index (χ1v) is 11.2. The molecule has 0 aliphatic carbocycles. The van der Waals surface area contributed by atoms with Gasteiger partial charge in [-0.05, 0) is 74.0 Å². The van der Waals surface area contributed by atoms with Crippen molar-refractivity contribution in [2.75, 3.05) is 45.3 Å². The van der Waals surface area contributed by atoms with Crippen LogP contribution in [0, 0.1) is 5.92 Å². The Morgan fingerprint density at radius 3 is 2.77 bits per heavy atom. The Morgan fingerprint density at radius 2 is 1.97 bits per heavy atom. The molecule has 2 aromatic carbocycles. The minimum absolute atomic E-state index is 0.0465. The highest BCUT2D eigenvalue weighted by molar-refractivity contribution is 5.58. The molecule has 2 heterocycles. The van der Waals surface area contributed by atoms with Crippen LogP contribution in [0.4, 0.5) is 5.69 Å². The summed E-state index contributed by atoms with van der Waals surface area (Å²) >= 11 is 0. The van der Waals surface area contributed by atoms with Gasteiger partial charge in [0.05, 0.1) is 7.11 Å². The number of nitrogens with one attached hydrogen (secondary N) is 2. The van der Waals surface area contributed by atoms with Crippen molar-refractivity contribution in [2.45, 2.75) is 38.5 Å². The topological polar surface area (TPSA) is 45.8 Å². The van der Waals surface area contributed by atoms with E-state index < -0.39 is 0 Å². The lowest BCUT2D eigenvalue weighted by Crippen LogP contribution is -2.35. The van der Waals surface area contributed by atoms with Crippen LogP contribution in [0.5, 0.6) is 5.75 Å². The van der Waals surface area contributed by atoms with Gasteiger partial charge in [-0.3, -0.25) is 5.32 Å². The molecule has 0 amide bonds. The third-order valence-electron chi connectivity index (χ3n) is 6.46. The van der Waals surface area contributed by atoms with Crippen LogP contribution in [0.1, 0.15) is 42.2 Å². The Bertz CT molecular complexity index is 820. The third-order valence-corrected chi connectivity index (χ3v) is 6.46. The highest BCUT2D eigenvalue weighted by Gasteiger charge is 2.21. The lowest BCUT2D eigenvalue weighted by Gasteiger charge is -2.33. The molecule has 1 atom stereocenters. The Kier molecular flexibility index (Phi) is 7.26. The smallest absolute Gasteiger partial charge is 0.133 e. The zero-order chi connectivity index (χ0) is 20.8. The molecule has 2 N–H and O–H groups in total. The summed E-state index contributed by atoms with van der Waals surface area (Å²) in [6.07, 6.45) is 4.73. The van der Waals surface area contributed by atoms with Gasteiger partial charge < -0.3 is 19.7 Å². The van der Waals surface area contributed by atoms with Crippen molar-refractivity contribution in [1.29, 1.82) is 0 Å². The van der Waals surface area contributed by atoms with Gasteiger partial charge in [-0.15, -0.1) is 0 Å². The summed E-state index contributed by atoms with van der Waals surface area (Å²) in [6, 6.07) is 15.2. The summed E-state index contributed by atoms with van der Waals surface area (Å²) in [6.45, 7) is 5.22. The number of rotatable bonds is 8. The molecule has 0 spiro atoms. The van der Waals surface area contributed by atoms with Gasteiger partial charge in [0.1, 0.15) is 12.0 Å². The number of hydrogen-bond donors (Lipinski definition) is 2. The van der Waals surface area contributed by atoms with Crippen molar-refractivity contribution < 1.29 is 9.47 Å². The van der Waals surface area contributed by atoms with Gasteiger partial charge >= 0.3 is 0 Å². The van der Waals surface area contributed by atoms with Crippen LogP contribution in [0.25, 0.3) is 0 Å². The number of piperidine rings is 1. The Hall–Kier alpha value is -2.08. The van der Waals surface area contributed by atoms with E-state index in [0.717, 1.165) is 50.8 Å². The van der Waals surface area contributed by atoms with Crippen LogP contribution in [-0.2, 0) is 17.7 Å². The molecule has 5 heteroatoms. The molecular weight excluding hydrogens is 374 g/mol. The Morgan fingerprint density at radius 1 is 1.13 bits per heavy atom. The summed E-state index contributed by atoms with van der Waals surface area (Å²) in [5.41, 5.74) is 5.21. The van der Waals surface area contributed by atoms with Crippen LogP contribution in [0.2, 0.25) is 0 Å². The van der Waals surface area contributed by atoms with E-state index in [1.165, 1.54) is 41.6 Å². The van der Waals surface area contributed by atoms with Gasteiger partial charge in [-0.1, -0.05) is 24.3 Å². The van der Waals surface area contributed by atoms with Gasteiger partial charge in [0.25, 0.3) is 0 Å². The van der Waals surface area contributed by atoms with E-state index in [1.807, 2.05) is 12.1 Å². The highest BCUT2D eigenvalue weighted by Crippen LogP contribution is 2.32. The second kappa shape index (κ2) is 10.3. The quantitative estimate of drug-likeness (QED) is 0.648. The van der Waals surface area contributed by atoms with E-state index >= 15 is 0 Å². The van der Waals surface area contributed by atoms with Crippen LogP contribution < -0.4 is 20.3 Å². The van der Waals surface area contributed by atoms with Gasteiger partial charge in [-0.25, -0.2) is 0 Å². The molecule has 0 aromatic heterocycles. The maximum atomic E-state index is 5.81. The zero-order valence-corrected chi connectivity index (χ0v) is 18.3. The normalized spacial score (nSPS) is 18.1. The molecule has 30 heavy (non-hydrogen) atoms. The fourth-order valence-corrected chi connectivity index (χ4v) is 4.76. The minimum Gasteiger partial charge on any atom is -0.496 e. The molecule has 5 nitrogen and oxygen atoms in total. The number of para-hydroxylation sites is 1. The van der Waals surface area contributed by atoms with Crippen molar-refractivity contribution in [3.63, 3.8) is 0 Å². The number of ether oxygens (including phenoxy) is 2. The summed E-state index contributed by atoms with van der Waals surface area (Å²) < 4.78 is 11.4. The first kappa shape index (κ1) is 21.2. The zero-order valence-electron chi connectivity index (χ0n) is 18.3.